The predicted molar refractivity (Wildman–Crippen MR) is 59.5 cm³/mol. The molecule has 1 atom stereocenters. The second-order valence-electron chi connectivity index (χ2n) is 4.30. The Morgan fingerprint density at radius 2 is 1.85 bits per heavy atom. The van der Waals surface area contributed by atoms with Gasteiger partial charge in [-0.2, -0.15) is 0 Å². The van der Waals surface area contributed by atoms with E-state index in [4.69, 9.17) is 9.47 Å². The largest absolute Gasteiger partial charge is 0.379 e. The molecular weight excluding hydrogens is 232 g/mol. The summed E-state index contributed by atoms with van der Waals surface area (Å²) in [5.74, 6) is 0.578. The molecule has 0 aromatic carbocycles. The molecule has 0 amide bonds. The normalized spacial score (nSPS) is 14.5. The lowest BCUT2D eigenvalue weighted by atomic mass is 10.2. The third-order valence-electron chi connectivity index (χ3n) is 1.43. The van der Waals surface area contributed by atoms with Gasteiger partial charge in [-0.05, 0) is 26.7 Å². The van der Waals surface area contributed by atoms with E-state index in [0.717, 1.165) is 11.9 Å². The molecule has 0 saturated heterocycles. The first kappa shape index (κ1) is 13.4. The van der Waals surface area contributed by atoms with E-state index in [-0.39, 0.29) is 5.60 Å². The van der Waals surface area contributed by atoms with E-state index in [1.165, 1.54) is 0 Å². The summed E-state index contributed by atoms with van der Waals surface area (Å²) in [5.41, 5.74) is -0.0512. The summed E-state index contributed by atoms with van der Waals surface area (Å²) in [6.07, 6.45) is 0. The van der Waals surface area contributed by atoms with Gasteiger partial charge in [0, 0.05) is 5.33 Å². The van der Waals surface area contributed by atoms with Crippen LogP contribution < -0.4 is 0 Å². The van der Waals surface area contributed by atoms with Crippen molar-refractivity contribution in [3.05, 3.63) is 0 Å². The molecule has 0 saturated carbocycles. The second-order valence-corrected chi connectivity index (χ2v) is 4.94. The number of alkyl halides is 1. The Morgan fingerprint density at radius 1 is 1.23 bits per heavy atom. The van der Waals surface area contributed by atoms with Crippen molar-refractivity contribution in [2.75, 3.05) is 25.2 Å². The summed E-state index contributed by atoms with van der Waals surface area (Å²) >= 11 is 3.40. The topological polar surface area (TPSA) is 18.5 Å². The summed E-state index contributed by atoms with van der Waals surface area (Å²) in [4.78, 5) is 0. The van der Waals surface area contributed by atoms with Crippen LogP contribution in [0.4, 0.5) is 0 Å². The van der Waals surface area contributed by atoms with Crippen LogP contribution >= 0.6 is 15.9 Å². The quantitative estimate of drug-likeness (QED) is 0.535. The van der Waals surface area contributed by atoms with Crippen LogP contribution in [0.5, 0.6) is 0 Å². The molecule has 0 aromatic heterocycles. The smallest absolute Gasteiger partial charge is 0.0707 e. The fraction of sp³-hybridized carbons (Fsp3) is 1.00. The molecule has 0 radical (unpaired) electrons. The molecule has 0 heterocycles. The average molecular weight is 253 g/mol. The number of ether oxygens (including phenoxy) is 2. The molecule has 0 N–H and O–H groups in total. The summed E-state index contributed by atoms with van der Waals surface area (Å²) in [7, 11) is 0. The van der Waals surface area contributed by atoms with E-state index in [0.29, 0.717) is 19.1 Å². The first-order valence-corrected chi connectivity index (χ1v) is 5.85. The molecule has 0 rings (SSSR count). The minimum Gasteiger partial charge on any atom is -0.379 e. The molecule has 13 heavy (non-hydrogen) atoms. The highest BCUT2D eigenvalue weighted by Crippen LogP contribution is 2.06. The van der Waals surface area contributed by atoms with Gasteiger partial charge in [0.25, 0.3) is 0 Å². The Labute approximate surface area is 90.1 Å². The van der Waals surface area contributed by atoms with Gasteiger partial charge in [-0.1, -0.05) is 22.9 Å². The zero-order valence-corrected chi connectivity index (χ0v) is 10.7. The van der Waals surface area contributed by atoms with Gasteiger partial charge in [-0.25, -0.2) is 0 Å². The van der Waals surface area contributed by atoms with Crippen molar-refractivity contribution >= 4 is 15.9 Å². The lowest BCUT2D eigenvalue weighted by Gasteiger charge is -2.19. The van der Waals surface area contributed by atoms with Crippen LogP contribution in [0.25, 0.3) is 0 Å². The highest BCUT2D eigenvalue weighted by atomic mass is 79.9. The third kappa shape index (κ3) is 10.3. The number of rotatable bonds is 6. The molecule has 80 valence electrons. The van der Waals surface area contributed by atoms with Gasteiger partial charge in [0.2, 0.25) is 0 Å². The van der Waals surface area contributed by atoms with E-state index >= 15 is 0 Å². The molecule has 0 aliphatic rings. The van der Waals surface area contributed by atoms with Crippen LogP contribution in [0.2, 0.25) is 0 Å². The summed E-state index contributed by atoms with van der Waals surface area (Å²) in [6.45, 7) is 10.5. The summed E-state index contributed by atoms with van der Waals surface area (Å²) in [5, 5.41) is 0.993. The Balaban J connectivity index is 3.18. The Hall–Kier alpha value is 0.400. The summed E-state index contributed by atoms with van der Waals surface area (Å²) in [6, 6.07) is 0. The highest BCUT2D eigenvalue weighted by Gasteiger charge is 2.09. The monoisotopic (exact) mass is 252 g/mol. The standard InChI is InChI=1S/C10H21BrO2/c1-9(7-11)8-12-5-6-13-10(2,3)4/h9H,5-8H2,1-4H3. The van der Waals surface area contributed by atoms with Crippen LogP contribution in [-0.2, 0) is 9.47 Å². The van der Waals surface area contributed by atoms with Crippen LogP contribution in [0.15, 0.2) is 0 Å². The first-order valence-electron chi connectivity index (χ1n) is 4.73. The van der Waals surface area contributed by atoms with Crippen molar-refractivity contribution in [3.63, 3.8) is 0 Å². The van der Waals surface area contributed by atoms with E-state index in [1.54, 1.807) is 0 Å². The van der Waals surface area contributed by atoms with Gasteiger partial charge in [0.15, 0.2) is 0 Å². The molecule has 0 fully saturated rings. The van der Waals surface area contributed by atoms with Crippen LogP contribution in [-0.4, -0.2) is 30.8 Å². The van der Waals surface area contributed by atoms with Crippen molar-refractivity contribution in [2.24, 2.45) is 5.92 Å². The van der Waals surface area contributed by atoms with Gasteiger partial charge < -0.3 is 9.47 Å². The molecule has 0 aromatic rings. The Bertz CT molecular complexity index is 121. The second kappa shape index (κ2) is 6.80. The van der Waals surface area contributed by atoms with Gasteiger partial charge in [-0.15, -0.1) is 0 Å². The van der Waals surface area contributed by atoms with Crippen molar-refractivity contribution in [2.45, 2.75) is 33.3 Å². The van der Waals surface area contributed by atoms with Crippen LogP contribution in [0.1, 0.15) is 27.7 Å². The van der Waals surface area contributed by atoms with Crippen molar-refractivity contribution in [3.8, 4) is 0 Å². The molecule has 3 heteroatoms. The molecule has 1 unspecified atom stereocenters. The van der Waals surface area contributed by atoms with E-state index in [2.05, 4.69) is 22.9 Å². The Morgan fingerprint density at radius 3 is 2.31 bits per heavy atom. The molecule has 0 aliphatic carbocycles. The average Bonchev–Trinajstić information content (AvgIpc) is 2.01. The van der Waals surface area contributed by atoms with Gasteiger partial charge >= 0.3 is 0 Å². The van der Waals surface area contributed by atoms with Gasteiger partial charge in [-0.3, -0.25) is 0 Å². The molecule has 0 aliphatic heterocycles. The van der Waals surface area contributed by atoms with Crippen LogP contribution in [0.3, 0.4) is 0 Å². The lowest BCUT2D eigenvalue weighted by molar-refractivity contribution is -0.0377. The molecule has 2 nitrogen and oxygen atoms in total. The number of halogens is 1. The maximum Gasteiger partial charge on any atom is 0.0707 e. The van der Waals surface area contributed by atoms with Crippen molar-refractivity contribution < 1.29 is 9.47 Å². The predicted octanol–water partition coefficient (Wildman–Crippen LogP) is 2.85. The van der Waals surface area contributed by atoms with Crippen molar-refractivity contribution in [1.29, 1.82) is 0 Å². The van der Waals surface area contributed by atoms with E-state index in [9.17, 15) is 0 Å². The lowest BCUT2D eigenvalue weighted by Crippen LogP contribution is -2.22. The SMILES string of the molecule is CC(CBr)COCCOC(C)(C)C. The Kier molecular flexibility index (Phi) is 7.00. The third-order valence-corrected chi connectivity index (χ3v) is 2.53. The van der Waals surface area contributed by atoms with Crippen LogP contribution in [0, 0.1) is 5.92 Å². The first-order chi connectivity index (χ1) is 5.95. The van der Waals surface area contributed by atoms with Gasteiger partial charge in [0.1, 0.15) is 0 Å². The maximum atomic E-state index is 5.51. The maximum absolute atomic E-state index is 5.51. The fourth-order valence-electron chi connectivity index (χ4n) is 0.736. The fourth-order valence-corrected chi connectivity index (χ4v) is 0.923. The molecule has 0 bridgehead atoms. The minimum absolute atomic E-state index is 0.0512. The minimum atomic E-state index is -0.0512. The zero-order chi connectivity index (χ0) is 10.3. The van der Waals surface area contributed by atoms with E-state index < -0.39 is 0 Å². The molecular formula is C10H21BrO2. The highest BCUT2D eigenvalue weighted by molar-refractivity contribution is 9.09. The number of hydrogen-bond acceptors (Lipinski definition) is 2. The number of hydrogen-bond donors (Lipinski definition) is 0. The van der Waals surface area contributed by atoms with Crippen molar-refractivity contribution in [1.82, 2.24) is 0 Å². The zero-order valence-electron chi connectivity index (χ0n) is 9.10. The van der Waals surface area contributed by atoms with E-state index in [1.807, 2.05) is 20.8 Å². The summed E-state index contributed by atoms with van der Waals surface area (Å²) < 4.78 is 10.9. The van der Waals surface area contributed by atoms with Gasteiger partial charge in [0.05, 0.1) is 25.4 Å². The molecule has 0 spiro atoms.